The van der Waals surface area contributed by atoms with Gasteiger partial charge >= 0.3 is 0 Å². The Morgan fingerprint density at radius 1 is 1.24 bits per heavy atom. The molecule has 10 heteroatoms. The van der Waals surface area contributed by atoms with E-state index in [0.717, 1.165) is 34.5 Å². The molecule has 0 radical (unpaired) electrons. The standard InChI is InChI=1S/C24H23ClN8O/c25-18-7-8-32-13-28-22-19(5-4-17(18)23(22)32)30-24(34)20(31-26)10-27-9-16-12-33-11-15(14-1-2-14)3-6-21(33)29-16/h3,6-8,10-14,19H,1-2,4-5,9,26H2,(H,30,34)/b27-10?,31-20+. The van der Waals surface area contributed by atoms with Gasteiger partial charge in [0.2, 0.25) is 0 Å². The molecule has 3 N–H and O–H groups in total. The van der Waals surface area contributed by atoms with Crippen LogP contribution in [0, 0.1) is 0 Å². The third-order valence-electron chi connectivity index (χ3n) is 6.51. The topological polar surface area (TPSA) is 114 Å². The van der Waals surface area contributed by atoms with Gasteiger partial charge in [0.25, 0.3) is 5.91 Å². The molecule has 1 amide bonds. The van der Waals surface area contributed by atoms with Crippen LogP contribution in [0.15, 0.2) is 53.2 Å². The number of halogens is 1. The van der Waals surface area contributed by atoms with Crippen LogP contribution >= 0.6 is 11.6 Å². The van der Waals surface area contributed by atoms with E-state index in [1.807, 2.05) is 33.3 Å². The first-order valence-corrected chi connectivity index (χ1v) is 11.7. The number of nitrogens with two attached hydrogens (primary N) is 1. The van der Waals surface area contributed by atoms with Gasteiger partial charge in [-0.25, -0.2) is 9.97 Å². The molecule has 0 saturated heterocycles. The minimum Gasteiger partial charge on any atom is -0.342 e. The molecule has 0 bridgehead atoms. The first-order chi connectivity index (χ1) is 16.6. The summed E-state index contributed by atoms with van der Waals surface area (Å²) in [6.45, 7) is 0.323. The second kappa shape index (κ2) is 8.25. The molecule has 4 heterocycles. The second-order valence-electron chi connectivity index (χ2n) is 8.81. The van der Waals surface area contributed by atoms with Crippen molar-refractivity contribution in [3.63, 3.8) is 0 Å². The second-order valence-corrected chi connectivity index (χ2v) is 9.22. The smallest absolute Gasteiger partial charge is 0.273 e. The number of aromatic nitrogens is 4. The number of fused-ring (bicyclic) bond motifs is 1. The van der Waals surface area contributed by atoms with Crippen LogP contribution in [0.3, 0.4) is 0 Å². The quantitative estimate of drug-likeness (QED) is 0.253. The van der Waals surface area contributed by atoms with Gasteiger partial charge in [0.1, 0.15) is 5.65 Å². The third kappa shape index (κ3) is 3.71. The Bertz CT molecular complexity index is 1480. The minimum atomic E-state index is -0.396. The third-order valence-corrected chi connectivity index (χ3v) is 6.86. The van der Waals surface area contributed by atoms with Gasteiger partial charge in [0, 0.05) is 23.6 Å². The van der Waals surface area contributed by atoms with Crippen LogP contribution in [0.5, 0.6) is 0 Å². The normalized spacial score (nSPS) is 18.3. The maximum absolute atomic E-state index is 12.9. The van der Waals surface area contributed by atoms with E-state index in [1.165, 1.54) is 24.6 Å². The summed E-state index contributed by atoms with van der Waals surface area (Å²) in [4.78, 5) is 26.3. The molecule has 34 heavy (non-hydrogen) atoms. The summed E-state index contributed by atoms with van der Waals surface area (Å²) < 4.78 is 3.96. The van der Waals surface area contributed by atoms with Crippen LogP contribution in [0.2, 0.25) is 5.02 Å². The Morgan fingerprint density at radius 3 is 2.94 bits per heavy atom. The lowest BCUT2D eigenvalue weighted by Crippen LogP contribution is -2.37. The largest absolute Gasteiger partial charge is 0.342 e. The number of hydrogen-bond donors (Lipinski definition) is 2. The van der Waals surface area contributed by atoms with Gasteiger partial charge in [-0.2, -0.15) is 5.10 Å². The molecule has 1 saturated carbocycles. The van der Waals surface area contributed by atoms with Gasteiger partial charge in [0.15, 0.2) is 5.71 Å². The van der Waals surface area contributed by atoms with Gasteiger partial charge in [-0.15, -0.1) is 0 Å². The molecule has 0 aromatic carbocycles. The molecule has 1 fully saturated rings. The summed E-state index contributed by atoms with van der Waals surface area (Å²) in [6, 6.07) is 5.78. The van der Waals surface area contributed by atoms with E-state index >= 15 is 0 Å². The van der Waals surface area contributed by atoms with Crippen molar-refractivity contribution in [3.8, 4) is 0 Å². The first kappa shape index (κ1) is 20.9. The maximum Gasteiger partial charge on any atom is 0.273 e. The highest BCUT2D eigenvalue weighted by Crippen LogP contribution is 2.40. The summed E-state index contributed by atoms with van der Waals surface area (Å²) in [5.41, 5.74) is 5.87. The number of nitrogens with zero attached hydrogens (tertiary/aromatic N) is 6. The number of carbonyl (C=O) groups excluding carboxylic acids is 1. The predicted molar refractivity (Wildman–Crippen MR) is 130 cm³/mol. The van der Waals surface area contributed by atoms with Gasteiger partial charge in [-0.3, -0.25) is 9.79 Å². The van der Waals surface area contributed by atoms with Crippen LogP contribution < -0.4 is 11.2 Å². The molecule has 9 nitrogen and oxygen atoms in total. The number of nitrogens with one attached hydrogen (secondary N) is 1. The Hall–Kier alpha value is -3.72. The van der Waals surface area contributed by atoms with Crippen molar-refractivity contribution in [2.45, 2.75) is 44.2 Å². The van der Waals surface area contributed by atoms with E-state index < -0.39 is 5.91 Å². The van der Waals surface area contributed by atoms with Crippen molar-refractivity contribution < 1.29 is 4.79 Å². The fourth-order valence-electron chi connectivity index (χ4n) is 4.62. The van der Waals surface area contributed by atoms with E-state index in [1.54, 1.807) is 6.33 Å². The number of carbonyl (C=O) groups is 1. The number of imidazole rings is 2. The fraction of sp³-hybridized carbons (Fsp3) is 0.292. The molecule has 172 valence electrons. The SMILES string of the molecule is N/N=C(\C=NCc1cn2cc(C3CC3)ccc2n1)C(=O)NC1CCc2c(Cl)ccn3cnc1c23. The average molecular weight is 475 g/mol. The maximum atomic E-state index is 12.9. The van der Waals surface area contributed by atoms with Crippen LogP contribution in [-0.2, 0) is 17.8 Å². The molecule has 4 aromatic rings. The Morgan fingerprint density at radius 2 is 2.12 bits per heavy atom. The first-order valence-electron chi connectivity index (χ1n) is 11.3. The molecule has 0 spiro atoms. The molecule has 2 aliphatic rings. The van der Waals surface area contributed by atoms with E-state index in [-0.39, 0.29) is 11.8 Å². The molecule has 2 aliphatic carbocycles. The number of aliphatic imine (C=N–C) groups is 1. The lowest BCUT2D eigenvalue weighted by molar-refractivity contribution is -0.115. The van der Waals surface area contributed by atoms with E-state index in [9.17, 15) is 4.79 Å². The summed E-state index contributed by atoms with van der Waals surface area (Å²) in [5, 5.41) is 7.35. The number of aryl methyl sites for hydroxylation is 1. The lowest BCUT2D eigenvalue weighted by Gasteiger charge is -2.23. The minimum absolute atomic E-state index is 0.0483. The van der Waals surface area contributed by atoms with Gasteiger partial charge in [-0.1, -0.05) is 17.7 Å². The highest BCUT2D eigenvalue weighted by Gasteiger charge is 2.28. The van der Waals surface area contributed by atoms with Crippen molar-refractivity contribution in [2.24, 2.45) is 15.9 Å². The molecule has 4 aromatic heterocycles. The van der Waals surface area contributed by atoms with E-state index in [2.05, 4.69) is 37.6 Å². The van der Waals surface area contributed by atoms with Gasteiger partial charge in [-0.05, 0) is 54.9 Å². The molecule has 1 atom stereocenters. The summed E-state index contributed by atoms with van der Waals surface area (Å²) in [6.07, 6.45) is 13.0. The summed E-state index contributed by atoms with van der Waals surface area (Å²) >= 11 is 6.36. The molecular formula is C24H23ClN8O. The van der Waals surface area contributed by atoms with Crippen molar-refractivity contribution in [2.75, 3.05) is 0 Å². The summed E-state index contributed by atoms with van der Waals surface area (Å²) in [5.74, 6) is 5.79. The van der Waals surface area contributed by atoms with Crippen molar-refractivity contribution in [3.05, 3.63) is 70.7 Å². The molecule has 1 unspecified atom stereocenters. The van der Waals surface area contributed by atoms with Crippen molar-refractivity contribution in [1.29, 1.82) is 0 Å². The van der Waals surface area contributed by atoms with Crippen LogP contribution in [0.4, 0.5) is 0 Å². The fourth-order valence-corrected chi connectivity index (χ4v) is 4.86. The van der Waals surface area contributed by atoms with Crippen LogP contribution in [0.1, 0.15) is 53.7 Å². The van der Waals surface area contributed by atoms with Crippen molar-refractivity contribution >= 4 is 40.6 Å². The highest BCUT2D eigenvalue weighted by atomic mass is 35.5. The summed E-state index contributed by atoms with van der Waals surface area (Å²) in [7, 11) is 0. The average Bonchev–Trinajstić information content (AvgIpc) is 3.47. The zero-order chi connectivity index (χ0) is 23.2. The Kier molecular flexibility index (Phi) is 5.06. The number of hydrazone groups is 1. The zero-order valence-corrected chi connectivity index (χ0v) is 19.1. The number of rotatable bonds is 6. The Balaban J connectivity index is 1.14. The van der Waals surface area contributed by atoms with Crippen molar-refractivity contribution in [1.82, 2.24) is 24.1 Å². The monoisotopic (exact) mass is 474 g/mol. The van der Waals surface area contributed by atoms with E-state index in [4.69, 9.17) is 17.4 Å². The zero-order valence-electron chi connectivity index (χ0n) is 18.4. The van der Waals surface area contributed by atoms with Gasteiger partial charge in [0.05, 0.1) is 42.0 Å². The molecule has 6 rings (SSSR count). The highest BCUT2D eigenvalue weighted by molar-refractivity contribution is 6.60. The lowest BCUT2D eigenvalue weighted by atomic mass is 9.94. The number of amides is 1. The Labute approximate surface area is 200 Å². The van der Waals surface area contributed by atoms with Crippen LogP contribution in [-0.4, -0.2) is 36.6 Å². The van der Waals surface area contributed by atoms with E-state index in [0.29, 0.717) is 23.9 Å². The molecular weight excluding hydrogens is 452 g/mol. The number of pyridine rings is 2. The van der Waals surface area contributed by atoms with Crippen LogP contribution in [0.25, 0.3) is 11.2 Å². The predicted octanol–water partition coefficient (Wildman–Crippen LogP) is 3.20. The number of hydrogen-bond acceptors (Lipinski definition) is 6. The molecule has 0 aliphatic heterocycles. The van der Waals surface area contributed by atoms with Gasteiger partial charge < -0.3 is 20.0 Å².